The SMILES string of the molecule is CCC(=O)NCc1ccc(C[N+](C)(C)CCN)cc1. The van der Waals surface area contributed by atoms with Crippen LogP contribution in [0.15, 0.2) is 24.3 Å². The molecule has 1 aromatic rings. The van der Waals surface area contributed by atoms with Gasteiger partial charge in [-0.25, -0.2) is 0 Å². The van der Waals surface area contributed by atoms with Crippen molar-refractivity contribution < 1.29 is 9.28 Å². The van der Waals surface area contributed by atoms with Gasteiger partial charge in [0.1, 0.15) is 6.54 Å². The number of amides is 1. The number of benzene rings is 1. The Bertz CT molecular complexity index is 398. The molecule has 0 aliphatic heterocycles. The highest BCUT2D eigenvalue weighted by molar-refractivity contribution is 5.75. The summed E-state index contributed by atoms with van der Waals surface area (Å²) in [6.45, 7) is 5.10. The Hall–Kier alpha value is -1.39. The Kier molecular flexibility index (Phi) is 5.99. The van der Waals surface area contributed by atoms with Crippen LogP contribution in [-0.2, 0) is 17.9 Å². The molecule has 0 aromatic heterocycles. The van der Waals surface area contributed by atoms with E-state index in [9.17, 15) is 4.79 Å². The number of hydrogen-bond donors (Lipinski definition) is 2. The summed E-state index contributed by atoms with van der Waals surface area (Å²) in [6.07, 6.45) is 0.531. The Morgan fingerprint density at radius 2 is 1.79 bits per heavy atom. The summed E-state index contributed by atoms with van der Waals surface area (Å²) < 4.78 is 0.891. The monoisotopic (exact) mass is 264 g/mol. The van der Waals surface area contributed by atoms with E-state index in [4.69, 9.17) is 5.73 Å². The van der Waals surface area contributed by atoms with E-state index in [0.29, 0.717) is 19.5 Å². The molecule has 3 N–H and O–H groups in total. The molecule has 0 atom stereocenters. The molecule has 0 saturated heterocycles. The van der Waals surface area contributed by atoms with Crippen molar-refractivity contribution in [2.45, 2.75) is 26.4 Å². The van der Waals surface area contributed by atoms with Gasteiger partial charge in [0.25, 0.3) is 0 Å². The summed E-state index contributed by atoms with van der Waals surface area (Å²) in [7, 11) is 4.37. The Balaban J connectivity index is 2.54. The number of nitrogens with two attached hydrogens (primary N) is 1. The van der Waals surface area contributed by atoms with E-state index in [2.05, 4.69) is 43.7 Å². The number of carbonyl (C=O) groups excluding carboxylic acids is 1. The number of likely N-dealkylation sites (N-methyl/N-ethyl adjacent to an activating group) is 1. The fourth-order valence-electron chi connectivity index (χ4n) is 2.01. The van der Waals surface area contributed by atoms with Crippen LogP contribution in [0, 0.1) is 0 Å². The smallest absolute Gasteiger partial charge is 0.219 e. The third-order valence-electron chi connectivity index (χ3n) is 3.18. The first kappa shape index (κ1) is 15.7. The van der Waals surface area contributed by atoms with Crippen molar-refractivity contribution in [3.63, 3.8) is 0 Å². The molecule has 19 heavy (non-hydrogen) atoms. The van der Waals surface area contributed by atoms with Crippen molar-refractivity contribution in [3.05, 3.63) is 35.4 Å². The van der Waals surface area contributed by atoms with Gasteiger partial charge in [0.05, 0.1) is 20.6 Å². The summed E-state index contributed by atoms with van der Waals surface area (Å²) in [5.74, 6) is 0.0878. The molecule has 0 fully saturated rings. The largest absolute Gasteiger partial charge is 0.352 e. The van der Waals surface area contributed by atoms with Crippen molar-refractivity contribution in [2.75, 3.05) is 27.2 Å². The highest BCUT2D eigenvalue weighted by atomic mass is 16.1. The number of rotatable bonds is 7. The van der Waals surface area contributed by atoms with E-state index in [0.717, 1.165) is 23.1 Å². The zero-order chi connectivity index (χ0) is 14.3. The summed E-state index contributed by atoms with van der Waals surface area (Å²) in [6, 6.07) is 8.41. The molecule has 106 valence electrons. The van der Waals surface area contributed by atoms with Gasteiger partial charge in [-0.3, -0.25) is 4.79 Å². The third kappa shape index (κ3) is 5.85. The van der Waals surface area contributed by atoms with Gasteiger partial charge in [0.2, 0.25) is 5.91 Å². The highest BCUT2D eigenvalue weighted by Crippen LogP contribution is 2.10. The van der Waals surface area contributed by atoms with Crippen LogP contribution in [0.3, 0.4) is 0 Å². The van der Waals surface area contributed by atoms with Crippen LogP contribution in [0.2, 0.25) is 0 Å². The summed E-state index contributed by atoms with van der Waals surface area (Å²) >= 11 is 0. The quantitative estimate of drug-likeness (QED) is 0.728. The Morgan fingerprint density at radius 3 is 2.32 bits per heavy atom. The van der Waals surface area contributed by atoms with E-state index in [-0.39, 0.29) is 5.91 Å². The first-order valence-corrected chi connectivity index (χ1v) is 6.83. The molecule has 1 amide bonds. The van der Waals surface area contributed by atoms with Crippen LogP contribution in [0.5, 0.6) is 0 Å². The molecule has 0 aliphatic carbocycles. The van der Waals surface area contributed by atoms with E-state index in [1.165, 1.54) is 5.56 Å². The van der Waals surface area contributed by atoms with Crippen molar-refractivity contribution in [2.24, 2.45) is 5.73 Å². The highest BCUT2D eigenvalue weighted by Gasteiger charge is 2.14. The van der Waals surface area contributed by atoms with Gasteiger partial charge in [-0.1, -0.05) is 31.2 Å². The predicted molar refractivity (Wildman–Crippen MR) is 78.3 cm³/mol. The second-order valence-electron chi connectivity index (χ2n) is 5.55. The zero-order valence-corrected chi connectivity index (χ0v) is 12.3. The summed E-state index contributed by atoms with van der Waals surface area (Å²) in [5.41, 5.74) is 8.05. The first-order valence-electron chi connectivity index (χ1n) is 6.83. The number of nitrogens with one attached hydrogen (secondary N) is 1. The van der Waals surface area contributed by atoms with E-state index >= 15 is 0 Å². The lowest BCUT2D eigenvalue weighted by Gasteiger charge is -2.29. The number of carbonyl (C=O) groups is 1. The molecule has 0 radical (unpaired) electrons. The predicted octanol–water partition coefficient (Wildman–Crippen LogP) is 1.25. The molecule has 0 heterocycles. The lowest BCUT2D eigenvalue weighted by molar-refractivity contribution is -0.902. The lowest BCUT2D eigenvalue weighted by atomic mass is 10.1. The minimum atomic E-state index is 0.0878. The molecule has 0 saturated carbocycles. The number of nitrogens with zero attached hydrogens (tertiary/aromatic N) is 1. The van der Waals surface area contributed by atoms with Crippen molar-refractivity contribution in [1.82, 2.24) is 5.32 Å². The van der Waals surface area contributed by atoms with Gasteiger partial charge < -0.3 is 15.5 Å². The zero-order valence-electron chi connectivity index (χ0n) is 12.3. The minimum Gasteiger partial charge on any atom is -0.352 e. The van der Waals surface area contributed by atoms with Gasteiger partial charge in [0.15, 0.2) is 0 Å². The molecule has 0 bridgehead atoms. The lowest BCUT2D eigenvalue weighted by Crippen LogP contribution is -2.42. The first-order chi connectivity index (χ1) is 8.96. The van der Waals surface area contributed by atoms with Gasteiger partial charge in [-0.2, -0.15) is 0 Å². The fraction of sp³-hybridized carbons (Fsp3) is 0.533. The maximum atomic E-state index is 11.2. The third-order valence-corrected chi connectivity index (χ3v) is 3.18. The Labute approximate surface area is 116 Å². The van der Waals surface area contributed by atoms with Crippen LogP contribution < -0.4 is 11.1 Å². The van der Waals surface area contributed by atoms with Crippen molar-refractivity contribution in [1.29, 1.82) is 0 Å². The van der Waals surface area contributed by atoms with Gasteiger partial charge >= 0.3 is 0 Å². The summed E-state index contributed by atoms with van der Waals surface area (Å²) in [4.78, 5) is 11.2. The van der Waals surface area contributed by atoms with Crippen LogP contribution in [0.1, 0.15) is 24.5 Å². The molecule has 0 aliphatic rings. The molecular formula is C15H26N3O+. The fourth-order valence-corrected chi connectivity index (χ4v) is 2.01. The molecule has 0 spiro atoms. The van der Waals surface area contributed by atoms with Gasteiger partial charge in [-0.15, -0.1) is 0 Å². The molecule has 4 nitrogen and oxygen atoms in total. The molecular weight excluding hydrogens is 238 g/mol. The maximum Gasteiger partial charge on any atom is 0.219 e. The standard InChI is InChI=1S/C15H25N3O/c1-4-15(19)17-11-13-5-7-14(8-6-13)12-18(2,3)10-9-16/h5-8H,4,9-12,16H2,1-3H3/p+1. The topological polar surface area (TPSA) is 55.1 Å². The van der Waals surface area contributed by atoms with Gasteiger partial charge in [-0.05, 0) is 5.56 Å². The Morgan fingerprint density at radius 1 is 1.21 bits per heavy atom. The summed E-state index contributed by atoms with van der Waals surface area (Å²) in [5, 5.41) is 2.88. The van der Waals surface area contributed by atoms with Crippen LogP contribution in [-0.4, -0.2) is 37.6 Å². The average Bonchev–Trinajstić information content (AvgIpc) is 2.37. The molecule has 0 unspecified atom stereocenters. The molecule has 1 rings (SSSR count). The van der Waals surface area contributed by atoms with Crippen LogP contribution in [0.4, 0.5) is 0 Å². The number of quaternary nitrogens is 1. The molecule has 4 heteroatoms. The second-order valence-corrected chi connectivity index (χ2v) is 5.55. The van der Waals surface area contributed by atoms with E-state index in [1.807, 2.05) is 6.92 Å². The van der Waals surface area contributed by atoms with Crippen LogP contribution >= 0.6 is 0 Å². The van der Waals surface area contributed by atoms with Gasteiger partial charge in [0, 0.05) is 25.1 Å². The van der Waals surface area contributed by atoms with Crippen molar-refractivity contribution in [3.8, 4) is 0 Å². The number of hydrogen-bond acceptors (Lipinski definition) is 2. The second kappa shape index (κ2) is 7.26. The molecule has 1 aromatic carbocycles. The van der Waals surface area contributed by atoms with Crippen molar-refractivity contribution >= 4 is 5.91 Å². The normalized spacial score (nSPS) is 11.4. The van der Waals surface area contributed by atoms with Crippen LogP contribution in [0.25, 0.3) is 0 Å². The average molecular weight is 264 g/mol. The minimum absolute atomic E-state index is 0.0878. The maximum absolute atomic E-state index is 11.2. The van der Waals surface area contributed by atoms with E-state index < -0.39 is 0 Å². The van der Waals surface area contributed by atoms with E-state index in [1.54, 1.807) is 0 Å².